The molecule has 8 nitrogen and oxygen atoms in total. The van der Waals surface area contributed by atoms with Gasteiger partial charge in [-0.05, 0) is 62.1 Å². The van der Waals surface area contributed by atoms with E-state index in [0.29, 0.717) is 11.4 Å². The van der Waals surface area contributed by atoms with Crippen LogP contribution in [-0.2, 0) is 19.8 Å². The number of amides is 1. The number of hydrogen-bond donors (Lipinski definition) is 2. The Balaban J connectivity index is 1.42. The van der Waals surface area contributed by atoms with Gasteiger partial charge in [-0.25, -0.2) is 4.68 Å². The number of anilines is 1. The van der Waals surface area contributed by atoms with E-state index < -0.39 is 17.6 Å². The average Bonchev–Trinajstić information content (AvgIpc) is 3.47. The van der Waals surface area contributed by atoms with Crippen LogP contribution in [0.5, 0.6) is 0 Å². The van der Waals surface area contributed by atoms with Gasteiger partial charge >= 0.3 is 6.18 Å². The molecule has 1 amide bonds. The highest BCUT2D eigenvalue weighted by molar-refractivity contribution is 6.32. The zero-order valence-electron chi connectivity index (χ0n) is 20.9. The second-order valence-corrected chi connectivity index (χ2v) is 9.80. The second-order valence-electron chi connectivity index (χ2n) is 9.42. The number of nitrogens with one attached hydrogen (secondary N) is 2. The Morgan fingerprint density at radius 3 is 2.61 bits per heavy atom. The Morgan fingerprint density at radius 1 is 1.18 bits per heavy atom. The van der Waals surface area contributed by atoms with Crippen LogP contribution in [0.3, 0.4) is 0 Å². The minimum absolute atomic E-state index is 0.0107. The summed E-state index contributed by atoms with van der Waals surface area (Å²) in [5.41, 5.74) is 3.37. The van der Waals surface area contributed by atoms with Crippen LogP contribution in [0.25, 0.3) is 16.9 Å². The molecule has 1 aliphatic carbocycles. The van der Waals surface area contributed by atoms with Gasteiger partial charge in [-0.1, -0.05) is 22.9 Å². The SMILES string of the molecule is Cc1ccc(C(=O)Nc2cc(CNC3CC3)c(Cl)c(C(F)(F)F)c2)cc1-n1cc(-c2cnn(C)c2C)nn1. The molecule has 0 bridgehead atoms. The summed E-state index contributed by atoms with van der Waals surface area (Å²) < 4.78 is 44.3. The monoisotopic (exact) mass is 543 g/mol. The first-order valence-corrected chi connectivity index (χ1v) is 12.4. The molecular weight excluding hydrogens is 519 g/mol. The minimum Gasteiger partial charge on any atom is -0.322 e. The number of nitrogens with zero attached hydrogens (tertiary/aromatic N) is 5. The first-order chi connectivity index (χ1) is 18.0. The highest BCUT2D eigenvalue weighted by Crippen LogP contribution is 2.39. The lowest BCUT2D eigenvalue weighted by molar-refractivity contribution is -0.137. The summed E-state index contributed by atoms with van der Waals surface area (Å²) in [5, 5.41) is 18.1. The van der Waals surface area contributed by atoms with Crippen LogP contribution in [0.15, 0.2) is 42.7 Å². The average molecular weight is 544 g/mol. The number of carbonyl (C=O) groups excluding carboxylic acids is 1. The van der Waals surface area contributed by atoms with Crippen molar-refractivity contribution in [3.8, 4) is 16.9 Å². The minimum atomic E-state index is -4.67. The third-order valence-corrected chi connectivity index (χ3v) is 7.04. The van der Waals surface area contributed by atoms with Crippen LogP contribution in [0.4, 0.5) is 18.9 Å². The van der Waals surface area contributed by atoms with Crippen LogP contribution < -0.4 is 10.6 Å². The van der Waals surface area contributed by atoms with Crippen molar-refractivity contribution in [2.24, 2.45) is 7.05 Å². The first kappa shape index (κ1) is 25.9. The van der Waals surface area contributed by atoms with Crippen molar-refractivity contribution in [3.63, 3.8) is 0 Å². The van der Waals surface area contributed by atoms with E-state index in [1.807, 2.05) is 20.9 Å². The molecule has 0 atom stereocenters. The lowest BCUT2D eigenvalue weighted by atomic mass is 10.1. The molecule has 0 radical (unpaired) electrons. The fraction of sp³-hybridized carbons (Fsp3) is 0.308. The molecule has 0 spiro atoms. The molecule has 0 aliphatic heterocycles. The summed E-state index contributed by atoms with van der Waals surface area (Å²) in [6, 6.07) is 7.58. The van der Waals surface area contributed by atoms with E-state index in [9.17, 15) is 18.0 Å². The Labute approximate surface area is 221 Å². The van der Waals surface area contributed by atoms with Gasteiger partial charge in [-0.3, -0.25) is 9.48 Å². The quantitative estimate of drug-likeness (QED) is 0.323. The number of hydrogen-bond acceptors (Lipinski definition) is 5. The second kappa shape index (κ2) is 9.88. The molecule has 0 unspecified atom stereocenters. The van der Waals surface area contributed by atoms with Crippen molar-refractivity contribution in [1.29, 1.82) is 0 Å². The zero-order chi connectivity index (χ0) is 27.2. The number of alkyl halides is 3. The third-order valence-electron chi connectivity index (χ3n) is 6.59. The van der Waals surface area contributed by atoms with Crippen molar-refractivity contribution < 1.29 is 18.0 Å². The molecule has 2 heterocycles. The third kappa shape index (κ3) is 5.30. The van der Waals surface area contributed by atoms with Gasteiger partial charge in [0, 0.05) is 42.1 Å². The van der Waals surface area contributed by atoms with E-state index in [1.165, 1.54) is 6.07 Å². The molecule has 5 rings (SSSR count). The van der Waals surface area contributed by atoms with Crippen LogP contribution in [0.1, 0.15) is 45.6 Å². The largest absolute Gasteiger partial charge is 0.417 e. The van der Waals surface area contributed by atoms with E-state index in [4.69, 9.17) is 11.6 Å². The molecule has 0 saturated heterocycles. The molecule has 38 heavy (non-hydrogen) atoms. The molecule has 1 aliphatic rings. The molecule has 1 saturated carbocycles. The molecule has 198 valence electrons. The van der Waals surface area contributed by atoms with Crippen molar-refractivity contribution in [3.05, 3.63) is 75.7 Å². The molecule has 12 heteroatoms. The number of carbonyl (C=O) groups is 1. The summed E-state index contributed by atoms with van der Waals surface area (Å²) in [6.07, 6.45) is 0.731. The van der Waals surface area contributed by atoms with Gasteiger partial charge in [-0.2, -0.15) is 18.3 Å². The van der Waals surface area contributed by atoms with Crippen molar-refractivity contribution in [1.82, 2.24) is 30.1 Å². The lowest BCUT2D eigenvalue weighted by Crippen LogP contribution is -2.19. The predicted molar refractivity (Wildman–Crippen MR) is 137 cm³/mol. The highest BCUT2D eigenvalue weighted by atomic mass is 35.5. The fourth-order valence-electron chi connectivity index (χ4n) is 4.09. The van der Waals surface area contributed by atoms with Gasteiger partial charge in [0.15, 0.2) is 0 Å². The Kier molecular flexibility index (Phi) is 6.74. The molecular formula is C26H25ClF3N7O. The number of rotatable bonds is 7. The maximum atomic E-state index is 13.7. The topological polar surface area (TPSA) is 89.7 Å². The summed E-state index contributed by atoms with van der Waals surface area (Å²) >= 11 is 6.09. The molecule has 4 aromatic rings. The number of benzene rings is 2. The molecule has 2 N–H and O–H groups in total. The summed E-state index contributed by atoms with van der Waals surface area (Å²) in [7, 11) is 1.83. The van der Waals surface area contributed by atoms with Gasteiger partial charge < -0.3 is 10.6 Å². The molecule has 2 aromatic heterocycles. The van der Waals surface area contributed by atoms with Crippen LogP contribution in [-0.4, -0.2) is 36.7 Å². The standard InChI is InChI=1S/C26H25ClF3N7O/c1-14-4-5-16(9-23(14)37-13-22(34-35-37)20-12-32-36(3)15(20)2)25(38)33-19-8-17(11-31-18-6-7-18)24(27)21(10-19)26(28,29)30/h4-5,8-10,12-13,18,31H,6-7,11H2,1-3H3,(H,33,38). The van der Waals surface area contributed by atoms with E-state index in [1.54, 1.807) is 40.0 Å². The van der Waals surface area contributed by atoms with Gasteiger partial charge in [-0.15, -0.1) is 5.10 Å². The summed E-state index contributed by atoms with van der Waals surface area (Å²) in [6.45, 7) is 3.96. The number of halogens is 4. The maximum Gasteiger partial charge on any atom is 0.417 e. The van der Waals surface area contributed by atoms with E-state index in [-0.39, 0.29) is 34.4 Å². The normalized spacial score (nSPS) is 13.7. The number of aryl methyl sites for hydroxylation is 2. The van der Waals surface area contributed by atoms with Crippen LogP contribution in [0, 0.1) is 13.8 Å². The van der Waals surface area contributed by atoms with Crippen molar-refractivity contribution in [2.75, 3.05) is 5.32 Å². The first-order valence-electron chi connectivity index (χ1n) is 12.0. The Bertz CT molecular complexity index is 1520. The van der Waals surface area contributed by atoms with Crippen LogP contribution in [0.2, 0.25) is 5.02 Å². The Morgan fingerprint density at radius 2 is 1.95 bits per heavy atom. The molecule has 1 fully saturated rings. The number of aromatic nitrogens is 5. The smallest absolute Gasteiger partial charge is 0.322 e. The highest BCUT2D eigenvalue weighted by Gasteiger charge is 2.35. The zero-order valence-corrected chi connectivity index (χ0v) is 21.7. The van der Waals surface area contributed by atoms with Crippen molar-refractivity contribution >= 4 is 23.2 Å². The fourth-order valence-corrected chi connectivity index (χ4v) is 4.37. The van der Waals surface area contributed by atoms with Gasteiger partial charge in [0.1, 0.15) is 5.69 Å². The summed E-state index contributed by atoms with van der Waals surface area (Å²) in [5.74, 6) is -0.564. The van der Waals surface area contributed by atoms with Crippen molar-refractivity contribution in [2.45, 2.75) is 45.5 Å². The summed E-state index contributed by atoms with van der Waals surface area (Å²) in [4.78, 5) is 13.1. The van der Waals surface area contributed by atoms with Gasteiger partial charge in [0.05, 0.1) is 28.7 Å². The lowest BCUT2D eigenvalue weighted by Gasteiger charge is -2.16. The predicted octanol–water partition coefficient (Wildman–Crippen LogP) is 5.46. The Hall–Kier alpha value is -3.70. The van der Waals surface area contributed by atoms with Gasteiger partial charge in [0.25, 0.3) is 5.91 Å². The van der Waals surface area contributed by atoms with Crippen LogP contribution >= 0.6 is 11.6 Å². The maximum absolute atomic E-state index is 13.7. The van der Waals surface area contributed by atoms with E-state index in [2.05, 4.69) is 26.0 Å². The van der Waals surface area contributed by atoms with E-state index >= 15 is 0 Å². The van der Waals surface area contributed by atoms with Gasteiger partial charge in [0.2, 0.25) is 0 Å². The molecule has 2 aromatic carbocycles. The van der Waals surface area contributed by atoms with E-state index in [0.717, 1.165) is 35.7 Å².